The Morgan fingerprint density at radius 2 is 1.08 bits per heavy atom. The Morgan fingerprint density at radius 3 is 1.25 bits per heavy atom. The van der Waals surface area contributed by atoms with Crippen LogP contribution in [0, 0.1) is 0 Å². The summed E-state index contributed by atoms with van der Waals surface area (Å²) in [6.45, 7) is 9.73. The maximum absolute atomic E-state index is 5.40. The van der Waals surface area contributed by atoms with E-state index in [1.54, 1.807) is 0 Å². The third-order valence-electron chi connectivity index (χ3n) is 1.22. The lowest BCUT2D eigenvalue weighted by molar-refractivity contribution is 0.0783. The van der Waals surface area contributed by atoms with E-state index in [9.17, 15) is 0 Å². The molecule has 0 amide bonds. The summed E-state index contributed by atoms with van der Waals surface area (Å²) in [5.41, 5.74) is 0. The molecule has 0 saturated carbocycles. The highest BCUT2D eigenvalue weighted by Crippen LogP contribution is 2.08. The first-order valence-corrected chi connectivity index (χ1v) is 6.32. The van der Waals surface area contributed by atoms with Gasteiger partial charge in [-0.2, -0.15) is 0 Å². The zero-order chi connectivity index (χ0) is 8.74. The van der Waals surface area contributed by atoms with E-state index in [2.05, 4.69) is 0 Å². The molecule has 3 N–H and O–H groups in total. The Balaban J connectivity index is 0. The lowest BCUT2D eigenvalue weighted by atomic mass is 10.9. The molecule has 0 unspecified atom stereocenters. The van der Waals surface area contributed by atoms with Crippen LogP contribution in [0.4, 0.5) is 0 Å². The molecular formula is C7H21NO3Si. The highest BCUT2D eigenvalue weighted by Gasteiger charge is 2.32. The summed E-state index contributed by atoms with van der Waals surface area (Å²) in [7, 11) is -2.25. The van der Waals surface area contributed by atoms with Crippen LogP contribution in [0.3, 0.4) is 0 Å². The Hall–Kier alpha value is 0.0569. The first kappa shape index (κ1) is 14.6. The third kappa shape index (κ3) is 5.67. The van der Waals surface area contributed by atoms with Crippen LogP contribution in [-0.4, -0.2) is 28.6 Å². The summed E-state index contributed by atoms with van der Waals surface area (Å²) >= 11 is 0. The molecule has 0 heterocycles. The van der Waals surface area contributed by atoms with Crippen molar-refractivity contribution in [3.05, 3.63) is 0 Å². The van der Waals surface area contributed by atoms with Crippen molar-refractivity contribution in [3.8, 4) is 0 Å². The topological polar surface area (TPSA) is 62.7 Å². The van der Waals surface area contributed by atoms with Gasteiger partial charge in [0.2, 0.25) is 0 Å². The van der Waals surface area contributed by atoms with Gasteiger partial charge in [0.1, 0.15) is 0 Å². The molecule has 0 aliphatic heterocycles. The second kappa shape index (κ2) is 7.69. The molecule has 4 nitrogen and oxygen atoms in total. The Bertz CT molecular complexity index is 85.6. The summed E-state index contributed by atoms with van der Waals surface area (Å²) in [5.74, 6) is 0. The first-order chi connectivity index (χ1) is 5.18. The van der Waals surface area contributed by atoms with Gasteiger partial charge >= 0.3 is 8.80 Å². The van der Waals surface area contributed by atoms with Gasteiger partial charge in [-0.3, -0.25) is 0 Å². The standard InChI is InChI=1S/C7H18O3Si.H3N/c1-5-8-11(4,9-6-2)10-7-3;/h5-7H2,1-4H3;1H3. The van der Waals surface area contributed by atoms with Crippen molar-refractivity contribution in [1.29, 1.82) is 0 Å². The highest BCUT2D eigenvalue weighted by atomic mass is 28.4. The minimum Gasteiger partial charge on any atom is -0.374 e. The minimum absolute atomic E-state index is 0. The summed E-state index contributed by atoms with van der Waals surface area (Å²) < 4.78 is 16.2. The molecular weight excluding hydrogens is 174 g/mol. The zero-order valence-corrected chi connectivity index (χ0v) is 9.55. The lowest BCUT2D eigenvalue weighted by Gasteiger charge is -2.23. The van der Waals surface area contributed by atoms with Crippen molar-refractivity contribution >= 4 is 8.80 Å². The van der Waals surface area contributed by atoms with Crippen molar-refractivity contribution in [3.63, 3.8) is 0 Å². The average Bonchev–Trinajstić information content (AvgIpc) is 1.88. The van der Waals surface area contributed by atoms with Gasteiger partial charge in [0.15, 0.2) is 0 Å². The molecule has 0 radical (unpaired) electrons. The Labute approximate surface area is 76.2 Å². The van der Waals surface area contributed by atoms with Crippen LogP contribution in [-0.2, 0) is 13.3 Å². The average molecular weight is 195 g/mol. The monoisotopic (exact) mass is 195 g/mol. The van der Waals surface area contributed by atoms with Gasteiger partial charge < -0.3 is 19.4 Å². The maximum Gasteiger partial charge on any atom is 0.497 e. The largest absolute Gasteiger partial charge is 0.497 e. The molecule has 0 aromatic carbocycles. The third-order valence-corrected chi connectivity index (χ3v) is 3.66. The fraction of sp³-hybridized carbons (Fsp3) is 1.00. The molecule has 76 valence electrons. The summed E-state index contributed by atoms with van der Waals surface area (Å²) in [6.07, 6.45) is 0. The molecule has 12 heavy (non-hydrogen) atoms. The van der Waals surface area contributed by atoms with Crippen LogP contribution in [0.5, 0.6) is 0 Å². The van der Waals surface area contributed by atoms with Crippen molar-refractivity contribution in [1.82, 2.24) is 6.15 Å². The van der Waals surface area contributed by atoms with E-state index in [0.717, 1.165) is 0 Å². The van der Waals surface area contributed by atoms with E-state index in [1.165, 1.54) is 0 Å². The Morgan fingerprint density at radius 1 is 0.833 bits per heavy atom. The van der Waals surface area contributed by atoms with Gasteiger partial charge in [-0.05, 0) is 20.8 Å². The molecule has 0 rings (SSSR count). The first-order valence-electron chi connectivity index (χ1n) is 4.10. The fourth-order valence-corrected chi connectivity index (χ4v) is 2.73. The van der Waals surface area contributed by atoms with Crippen molar-refractivity contribution in [2.75, 3.05) is 19.8 Å². The fourth-order valence-electron chi connectivity index (χ4n) is 0.912. The van der Waals surface area contributed by atoms with E-state index in [1.807, 2.05) is 27.3 Å². The van der Waals surface area contributed by atoms with E-state index in [4.69, 9.17) is 13.3 Å². The van der Waals surface area contributed by atoms with Gasteiger partial charge in [-0.15, -0.1) is 0 Å². The molecule has 0 spiro atoms. The number of hydrogen-bond acceptors (Lipinski definition) is 4. The molecule has 5 heteroatoms. The highest BCUT2D eigenvalue weighted by molar-refractivity contribution is 6.59. The molecule has 0 atom stereocenters. The van der Waals surface area contributed by atoms with Gasteiger partial charge in [0, 0.05) is 26.4 Å². The minimum atomic E-state index is -2.25. The van der Waals surface area contributed by atoms with Crippen molar-refractivity contribution in [2.24, 2.45) is 0 Å². The summed E-state index contributed by atoms with van der Waals surface area (Å²) in [6, 6.07) is 0. The van der Waals surface area contributed by atoms with Crippen LogP contribution in [0.15, 0.2) is 0 Å². The maximum atomic E-state index is 5.40. The predicted molar refractivity (Wildman–Crippen MR) is 51.5 cm³/mol. The molecule has 0 saturated heterocycles. The Kier molecular flexibility index (Phi) is 9.34. The van der Waals surface area contributed by atoms with Crippen LogP contribution in [0.2, 0.25) is 6.55 Å². The second-order valence-electron chi connectivity index (χ2n) is 2.16. The predicted octanol–water partition coefficient (Wildman–Crippen LogP) is 1.83. The lowest BCUT2D eigenvalue weighted by Crippen LogP contribution is -2.42. The van der Waals surface area contributed by atoms with Crippen LogP contribution in [0.25, 0.3) is 0 Å². The van der Waals surface area contributed by atoms with E-state index >= 15 is 0 Å². The zero-order valence-electron chi connectivity index (χ0n) is 8.55. The van der Waals surface area contributed by atoms with E-state index < -0.39 is 8.80 Å². The molecule has 0 fully saturated rings. The smallest absolute Gasteiger partial charge is 0.374 e. The van der Waals surface area contributed by atoms with Crippen LogP contribution >= 0.6 is 0 Å². The summed E-state index contributed by atoms with van der Waals surface area (Å²) in [4.78, 5) is 0. The van der Waals surface area contributed by atoms with Gasteiger partial charge in [0.05, 0.1) is 0 Å². The molecule has 0 aromatic heterocycles. The molecule has 0 aromatic rings. The van der Waals surface area contributed by atoms with E-state index in [0.29, 0.717) is 19.8 Å². The van der Waals surface area contributed by atoms with Crippen LogP contribution < -0.4 is 6.15 Å². The molecule has 0 aliphatic carbocycles. The molecule has 0 aliphatic rings. The second-order valence-corrected chi connectivity index (χ2v) is 4.75. The van der Waals surface area contributed by atoms with E-state index in [-0.39, 0.29) is 6.15 Å². The van der Waals surface area contributed by atoms with Crippen molar-refractivity contribution < 1.29 is 13.3 Å². The quantitative estimate of drug-likeness (QED) is 0.657. The summed E-state index contributed by atoms with van der Waals surface area (Å²) in [5, 5.41) is 0. The van der Waals surface area contributed by atoms with Gasteiger partial charge in [-0.25, -0.2) is 0 Å². The van der Waals surface area contributed by atoms with Gasteiger partial charge in [0.25, 0.3) is 0 Å². The number of hydrogen-bond donors (Lipinski definition) is 1. The number of rotatable bonds is 6. The van der Waals surface area contributed by atoms with Gasteiger partial charge in [-0.1, -0.05) is 0 Å². The van der Waals surface area contributed by atoms with Crippen molar-refractivity contribution in [2.45, 2.75) is 27.3 Å². The van der Waals surface area contributed by atoms with Crippen LogP contribution in [0.1, 0.15) is 20.8 Å². The SMILES string of the molecule is CCO[Si](C)(OCC)OCC.N. The molecule has 0 bridgehead atoms. The normalized spacial score (nSPS) is 11.0.